The van der Waals surface area contributed by atoms with Crippen molar-refractivity contribution in [2.24, 2.45) is 0 Å². The number of rotatable bonds is 5. The largest absolute Gasteiger partial charge is 0.433 e. The molecule has 5 nitrogen and oxygen atoms in total. The van der Waals surface area contributed by atoms with Crippen molar-refractivity contribution in [1.29, 1.82) is 0 Å². The van der Waals surface area contributed by atoms with E-state index in [1.807, 2.05) is 32.2 Å². The maximum Gasteiger partial charge on any atom is 0.433 e. The first kappa shape index (κ1) is 17.9. The van der Waals surface area contributed by atoms with Crippen LogP contribution in [-0.2, 0) is 19.3 Å². The molecule has 0 saturated heterocycles. The normalized spacial score (nSPS) is 11.6. The van der Waals surface area contributed by atoms with E-state index in [0.717, 1.165) is 23.7 Å². The Morgan fingerprint density at radius 3 is 2.46 bits per heavy atom. The van der Waals surface area contributed by atoms with Crippen molar-refractivity contribution >= 4 is 5.95 Å². The molecule has 0 atom stereocenters. The molecule has 0 spiro atoms. The topological polar surface area (TPSA) is 55.6 Å². The average molecular weight is 361 g/mol. The molecule has 0 aliphatic heterocycles. The van der Waals surface area contributed by atoms with E-state index in [1.165, 1.54) is 0 Å². The molecule has 0 aliphatic carbocycles. The minimum atomic E-state index is -4.55. The second kappa shape index (κ2) is 7.15. The molecule has 0 bridgehead atoms. The van der Waals surface area contributed by atoms with Gasteiger partial charge in [-0.1, -0.05) is 29.8 Å². The highest BCUT2D eigenvalue weighted by atomic mass is 19.4. The Bertz CT molecular complexity index is 885. The van der Waals surface area contributed by atoms with E-state index >= 15 is 0 Å². The summed E-state index contributed by atoms with van der Waals surface area (Å²) in [7, 11) is 0. The molecule has 0 aliphatic rings. The van der Waals surface area contributed by atoms with Crippen LogP contribution in [0.1, 0.15) is 23.7 Å². The van der Waals surface area contributed by atoms with Crippen LogP contribution in [0.3, 0.4) is 0 Å². The molecule has 0 fully saturated rings. The number of hydrogen-bond acceptors (Lipinski definition) is 4. The highest BCUT2D eigenvalue weighted by Crippen LogP contribution is 2.31. The molecular formula is C18H18F3N5. The third-order valence-corrected chi connectivity index (χ3v) is 3.83. The predicted octanol–water partition coefficient (Wildman–Crippen LogP) is 4.30. The monoisotopic (exact) mass is 361 g/mol. The minimum Gasteiger partial charge on any atom is -0.350 e. The fraction of sp³-hybridized carbons (Fsp3) is 0.278. The van der Waals surface area contributed by atoms with Crippen molar-refractivity contribution in [3.05, 3.63) is 59.5 Å². The van der Waals surface area contributed by atoms with Crippen LogP contribution in [-0.4, -0.2) is 19.7 Å². The molecule has 136 valence electrons. The lowest BCUT2D eigenvalue weighted by Gasteiger charge is -2.11. The SMILES string of the molecule is CCn1cc(CNc2nc(-c3ccc(C)cc3)cc(C(F)(F)F)n2)cn1. The second-order valence-corrected chi connectivity index (χ2v) is 5.88. The van der Waals surface area contributed by atoms with E-state index in [9.17, 15) is 13.2 Å². The highest BCUT2D eigenvalue weighted by Gasteiger charge is 2.33. The first-order valence-corrected chi connectivity index (χ1v) is 8.13. The Labute approximate surface area is 148 Å². The van der Waals surface area contributed by atoms with Gasteiger partial charge in [0.1, 0.15) is 0 Å². The van der Waals surface area contributed by atoms with Gasteiger partial charge in [-0.3, -0.25) is 4.68 Å². The standard InChI is InChI=1S/C18H18F3N5/c1-3-26-11-13(10-23-26)9-22-17-24-15(8-16(25-17)18(19,20)21)14-6-4-12(2)5-7-14/h4-8,10-11H,3,9H2,1-2H3,(H,22,24,25). The molecule has 2 heterocycles. The van der Waals surface area contributed by atoms with Crippen LogP contribution >= 0.6 is 0 Å². The van der Waals surface area contributed by atoms with Crippen LogP contribution in [0, 0.1) is 6.92 Å². The zero-order chi connectivity index (χ0) is 18.7. The van der Waals surface area contributed by atoms with Gasteiger partial charge in [-0.05, 0) is 19.9 Å². The van der Waals surface area contributed by atoms with E-state index in [1.54, 1.807) is 23.0 Å². The Balaban J connectivity index is 1.90. The molecule has 0 unspecified atom stereocenters. The van der Waals surface area contributed by atoms with Gasteiger partial charge in [-0.15, -0.1) is 0 Å². The van der Waals surface area contributed by atoms with Gasteiger partial charge < -0.3 is 5.32 Å². The summed E-state index contributed by atoms with van der Waals surface area (Å²) in [6.07, 6.45) is -1.07. The Morgan fingerprint density at radius 2 is 1.85 bits per heavy atom. The number of halogens is 3. The Hall–Kier alpha value is -2.90. The Morgan fingerprint density at radius 1 is 1.12 bits per heavy atom. The third-order valence-electron chi connectivity index (χ3n) is 3.83. The summed E-state index contributed by atoms with van der Waals surface area (Å²) in [5.74, 6) is -0.0698. The van der Waals surface area contributed by atoms with Crippen LogP contribution in [0.4, 0.5) is 19.1 Å². The molecule has 1 N–H and O–H groups in total. The molecule has 3 rings (SSSR count). The number of hydrogen-bond donors (Lipinski definition) is 1. The van der Waals surface area contributed by atoms with Crippen molar-refractivity contribution in [1.82, 2.24) is 19.7 Å². The number of nitrogens with one attached hydrogen (secondary N) is 1. The van der Waals surface area contributed by atoms with E-state index in [-0.39, 0.29) is 18.2 Å². The molecule has 8 heteroatoms. The molecule has 3 aromatic rings. The van der Waals surface area contributed by atoms with Gasteiger partial charge >= 0.3 is 6.18 Å². The lowest BCUT2D eigenvalue weighted by molar-refractivity contribution is -0.141. The van der Waals surface area contributed by atoms with E-state index in [0.29, 0.717) is 5.56 Å². The van der Waals surface area contributed by atoms with Crippen LogP contribution < -0.4 is 5.32 Å². The summed E-state index contributed by atoms with van der Waals surface area (Å²) >= 11 is 0. The summed E-state index contributed by atoms with van der Waals surface area (Å²) in [6, 6.07) is 8.11. The second-order valence-electron chi connectivity index (χ2n) is 5.88. The molecule has 0 amide bonds. The summed E-state index contributed by atoms with van der Waals surface area (Å²) in [5.41, 5.74) is 1.70. The smallest absolute Gasteiger partial charge is 0.350 e. The lowest BCUT2D eigenvalue weighted by atomic mass is 10.1. The van der Waals surface area contributed by atoms with Crippen molar-refractivity contribution in [2.45, 2.75) is 33.1 Å². The average Bonchev–Trinajstić information content (AvgIpc) is 3.08. The fourth-order valence-electron chi connectivity index (χ4n) is 2.40. The predicted molar refractivity (Wildman–Crippen MR) is 92.4 cm³/mol. The van der Waals surface area contributed by atoms with Crippen LogP contribution in [0.2, 0.25) is 0 Å². The molecule has 26 heavy (non-hydrogen) atoms. The maximum atomic E-state index is 13.2. The number of aromatic nitrogens is 4. The van der Waals surface area contributed by atoms with Crippen molar-refractivity contribution in [3.63, 3.8) is 0 Å². The van der Waals surface area contributed by atoms with Crippen LogP contribution in [0.25, 0.3) is 11.3 Å². The van der Waals surface area contributed by atoms with Crippen molar-refractivity contribution in [2.75, 3.05) is 5.32 Å². The van der Waals surface area contributed by atoms with Gasteiger partial charge in [-0.2, -0.15) is 18.3 Å². The van der Waals surface area contributed by atoms with Crippen molar-refractivity contribution in [3.8, 4) is 11.3 Å². The zero-order valence-electron chi connectivity index (χ0n) is 14.4. The highest BCUT2D eigenvalue weighted by molar-refractivity contribution is 5.61. The fourth-order valence-corrected chi connectivity index (χ4v) is 2.40. The quantitative estimate of drug-likeness (QED) is 0.736. The van der Waals surface area contributed by atoms with Gasteiger partial charge in [0.15, 0.2) is 5.69 Å². The number of anilines is 1. The third kappa shape index (κ3) is 4.19. The van der Waals surface area contributed by atoms with E-state index in [4.69, 9.17) is 0 Å². The van der Waals surface area contributed by atoms with Gasteiger partial charge in [0.25, 0.3) is 0 Å². The lowest BCUT2D eigenvalue weighted by Crippen LogP contribution is -2.12. The van der Waals surface area contributed by atoms with E-state index < -0.39 is 11.9 Å². The molecule has 2 aromatic heterocycles. The summed E-state index contributed by atoms with van der Waals surface area (Å²) < 4.78 is 41.4. The van der Waals surface area contributed by atoms with Gasteiger partial charge in [-0.25, -0.2) is 9.97 Å². The first-order chi connectivity index (χ1) is 12.3. The summed E-state index contributed by atoms with van der Waals surface area (Å²) in [5, 5.41) is 6.99. The first-order valence-electron chi connectivity index (χ1n) is 8.13. The molecule has 1 aromatic carbocycles. The number of benzene rings is 1. The Kier molecular flexibility index (Phi) is 4.92. The van der Waals surface area contributed by atoms with Crippen LogP contribution in [0.15, 0.2) is 42.7 Å². The van der Waals surface area contributed by atoms with Crippen molar-refractivity contribution < 1.29 is 13.2 Å². The van der Waals surface area contributed by atoms with Gasteiger partial charge in [0.2, 0.25) is 5.95 Å². The van der Waals surface area contributed by atoms with Gasteiger partial charge in [0, 0.05) is 30.4 Å². The number of alkyl halides is 3. The van der Waals surface area contributed by atoms with E-state index in [2.05, 4.69) is 20.4 Å². The zero-order valence-corrected chi connectivity index (χ0v) is 14.4. The van der Waals surface area contributed by atoms with Crippen LogP contribution in [0.5, 0.6) is 0 Å². The minimum absolute atomic E-state index is 0.0698. The summed E-state index contributed by atoms with van der Waals surface area (Å²) in [6.45, 7) is 4.87. The summed E-state index contributed by atoms with van der Waals surface area (Å²) in [4.78, 5) is 7.85. The molecule has 0 radical (unpaired) electrons. The number of aryl methyl sites for hydroxylation is 2. The maximum absolute atomic E-state index is 13.2. The number of nitrogens with zero attached hydrogens (tertiary/aromatic N) is 4. The molecular weight excluding hydrogens is 343 g/mol. The van der Waals surface area contributed by atoms with Gasteiger partial charge in [0.05, 0.1) is 11.9 Å². The molecule has 0 saturated carbocycles.